The van der Waals surface area contributed by atoms with Gasteiger partial charge in [0, 0.05) is 37.1 Å². The fraction of sp³-hybridized carbons (Fsp3) is 0.600. The summed E-state index contributed by atoms with van der Waals surface area (Å²) in [6.07, 6.45) is 0.650. The summed E-state index contributed by atoms with van der Waals surface area (Å²) in [4.78, 5) is 23.6. The zero-order valence-corrected chi connectivity index (χ0v) is 16.8. The summed E-state index contributed by atoms with van der Waals surface area (Å²) < 4.78 is 16.6. The molecule has 1 aromatic rings. The van der Waals surface area contributed by atoms with Crippen LogP contribution in [-0.2, 0) is 22.5 Å². The molecule has 2 N–H and O–H groups in total. The first-order valence-corrected chi connectivity index (χ1v) is 9.36. The molecule has 0 saturated heterocycles. The number of carbonyl (C=O) groups is 2. The van der Waals surface area contributed by atoms with E-state index in [0.29, 0.717) is 13.2 Å². The molecule has 7 heteroatoms. The third kappa shape index (κ3) is 6.66. The molecule has 2 amide bonds. The summed E-state index contributed by atoms with van der Waals surface area (Å²) >= 11 is 0. The van der Waals surface area contributed by atoms with Gasteiger partial charge < -0.3 is 24.8 Å². The van der Waals surface area contributed by atoms with Gasteiger partial charge in [0.05, 0.1) is 6.61 Å². The Bertz CT molecular complexity index is 682. The molecule has 1 aromatic carbocycles. The predicted octanol–water partition coefficient (Wildman–Crippen LogP) is 2.94. The van der Waals surface area contributed by atoms with E-state index in [-0.39, 0.29) is 25.0 Å². The number of rotatable bonds is 7. The summed E-state index contributed by atoms with van der Waals surface area (Å²) in [5.41, 5.74) is 1.44. The van der Waals surface area contributed by atoms with Crippen molar-refractivity contribution in [2.24, 2.45) is 0 Å². The van der Waals surface area contributed by atoms with Crippen molar-refractivity contribution in [1.29, 1.82) is 0 Å². The molecule has 2 rings (SSSR count). The Balaban J connectivity index is 1.84. The predicted molar refractivity (Wildman–Crippen MR) is 102 cm³/mol. The number of nitrogens with one attached hydrogen (secondary N) is 2. The number of carbonyl (C=O) groups excluding carboxylic acids is 2. The van der Waals surface area contributed by atoms with Crippen molar-refractivity contribution >= 4 is 12.0 Å². The van der Waals surface area contributed by atoms with Crippen LogP contribution in [0, 0.1) is 0 Å². The van der Waals surface area contributed by atoms with E-state index in [1.165, 1.54) is 0 Å². The van der Waals surface area contributed by atoms with Crippen molar-refractivity contribution in [1.82, 2.24) is 10.6 Å². The third-order valence-corrected chi connectivity index (χ3v) is 3.88. The lowest BCUT2D eigenvalue weighted by Gasteiger charge is -2.19. The van der Waals surface area contributed by atoms with E-state index < -0.39 is 11.7 Å². The Morgan fingerprint density at radius 3 is 2.67 bits per heavy atom. The molecule has 150 valence electrons. The molecule has 1 aliphatic rings. The average Bonchev–Trinajstić information content (AvgIpc) is 2.90. The number of ether oxygens (including phenoxy) is 3. The molecule has 0 unspecified atom stereocenters. The van der Waals surface area contributed by atoms with Gasteiger partial charge >= 0.3 is 6.09 Å². The van der Waals surface area contributed by atoms with Crippen LogP contribution in [0.5, 0.6) is 11.5 Å². The first-order chi connectivity index (χ1) is 12.7. The van der Waals surface area contributed by atoms with E-state index >= 15 is 0 Å². The number of amides is 2. The van der Waals surface area contributed by atoms with Crippen molar-refractivity contribution in [3.8, 4) is 11.5 Å². The Morgan fingerprint density at radius 2 is 2.00 bits per heavy atom. The maximum absolute atomic E-state index is 12.1. The second-order valence-electron chi connectivity index (χ2n) is 7.59. The summed E-state index contributed by atoms with van der Waals surface area (Å²) in [6.45, 7) is 10.4. The highest BCUT2D eigenvalue weighted by Gasteiger charge is 2.22. The van der Waals surface area contributed by atoms with E-state index in [9.17, 15) is 9.59 Å². The van der Waals surface area contributed by atoms with Crippen LogP contribution in [0.2, 0.25) is 0 Å². The molecule has 1 aliphatic heterocycles. The maximum atomic E-state index is 12.1. The van der Waals surface area contributed by atoms with E-state index in [0.717, 1.165) is 29.0 Å². The Kier molecular flexibility index (Phi) is 6.93. The van der Waals surface area contributed by atoms with E-state index in [4.69, 9.17) is 14.2 Å². The molecule has 27 heavy (non-hydrogen) atoms. The minimum absolute atomic E-state index is 0.151. The zero-order valence-electron chi connectivity index (χ0n) is 16.8. The summed E-state index contributed by atoms with van der Waals surface area (Å²) in [5, 5.41) is 5.43. The number of alkyl carbamates (subject to hydrolysis) is 1. The van der Waals surface area contributed by atoms with Gasteiger partial charge in [-0.1, -0.05) is 0 Å². The van der Waals surface area contributed by atoms with Gasteiger partial charge in [-0.3, -0.25) is 4.79 Å². The standard InChI is InChI=1S/C20H30N2O5/c1-6-25-16-10-14-9-13(2)26-17(14)11-15(16)12-22-18(23)7-8-21-19(24)27-20(3,4)5/h10-11,13H,6-9,12H2,1-5H3,(H,21,24)(H,22,23)/t13-/m0/s1. The first kappa shape index (κ1) is 20.9. The van der Waals surface area contributed by atoms with Gasteiger partial charge in [0.25, 0.3) is 0 Å². The Labute approximate surface area is 160 Å². The molecule has 0 aromatic heterocycles. The molecule has 7 nitrogen and oxygen atoms in total. The Hall–Kier alpha value is -2.44. The van der Waals surface area contributed by atoms with Crippen LogP contribution in [0.4, 0.5) is 4.79 Å². The fourth-order valence-electron chi connectivity index (χ4n) is 2.78. The zero-order chi connectivity index (χ0) is 20.0. The van der Waals surface area contributed by atoms with Gasteiger partial charge in [0.15, 0.2) is 0 Å². The van der Waals surface area contributed by atoms with Gasteiger partial charge in [-0.25, -0.2) is 4.79 Å². The van der Waals surface area contributed by atoms with Gasteiger partial charge in [0.2, 0.25) is 5.91 Å². The van der Waals surface area contributed by atoms with Crippen molar-refractivity contribution in [3.05, 3.63) is 23.3 Å². The summed E-state index contributed by atoms with van der Waals surface area (Å²) in [7, 11) is 0. The smallest absolute Gasteiger partial charge is 0.407 e. The lowest BCUT2D eigenvalue weighted by Crippen LogP contribution is -2.35. The van der Waals surface area contributed by atoms with Gasteiger partial charge in [-0.05, 0) is 46.8 Å². The number of hydrogen-bond acceptors (Lipinski definition) is 5. The topological polar surface area (TPSA) is 85.9 Å². The molecular formula is C20H30N2O5. The lowest BCUT2D eigenvalue weighted by atomic mass is 10.1. The SMILES string of the molecule is CCOc1cc2c(cc1CNC(=O)CCNC(=O)OC(C)(C)C)O[C@@H](C)C2. The van der Waals surface area contributed by atoms with Crippen molar-refractivity contribution in [2.75, 3.05) is 13.2 Å². The second-order valence-corrected chi connectivity index (χ2v) is 7.59. The Morgan fingerprint density at radius 1 is 1.26 bits per heavy atom. The van der Waals surface area contributed by atoms with Crippen LogP contribution in [-0.4, -0.2) is 36.9 Å². The molecule has 0 saturated carbocycles. The molecule has 0 aliphatic carbocycles. The van der Waals surface area contributed by atoms with Crippen molar-refractivity contribution in [3.63, 3.8) is 0 Å². The molecular weight excluding hydrogens is 348 g/mol. The minimum atomic E-state index is -0.560. The first-order valence-electron chi connectivity index (χ1n) is 9.36. The van der Waals surface area contributed by atoms with E-state index in [1.807, 2.05) is 26.0 Å². The van der Waals surface area contributed by atoms with Crippen LogP contribution >= 0.6 is 0 Å². The van der Waals surface area contributed by atoms with Gasteiger partial charge in [0.1, 0.15) is 23.2 Å². The van der Waals surface area contributed by atoms with E-state index in [2.05, 4.69) is 10.6 Å². The van der Waals surface area contributed by atoms with Gasteiger partial charge in [-0.15, -0.1) is 0 Å². The van der Waals surface area contributed by atoms with Crippen molar-refractivity contribution in [2.45, 2.75) is 65.7 Å². The van der Waals surface area contributed by atoms with Crippen molar-refractivity contribution < 1.29 is 23.8 Å². The highest BCUT2D eigenvalue weighted by molar-refractivity contribution is 5.77. The molecule has 0 bridgehead atoms. The summed E-state index contributed by atoms with van der Waals surface area (Å²) in [6, 6.07) is 3.93. The number of benzene rings is 1. The number of hydrogen-bond donors (Lipinski definition) is 2. The lowest BCUT2D eigenvalue weighted by molar-refractivity contribution is -0.121. The maximum Gasteiger partial charge on any atom is 0.407 e. The normalized spacial score (nSPS) is 15.5. The summed E-state index contributed by atoms with van der Waals surface area (Å²) in [5.74, 6) is 1.45. The van der Waals surface area contributed by atoms with Crippen LogP contribution in [0.1, 0.15) is 52.2 Å². The van der Waals surface area contributed by atoms with Crippen LogP contribution in [0.3, 0.4) is 0 Å². The molecule has 0 radical (unpaired) electrons. The quantitative estimate of drug-likeness (QED) is 0.762. The van der Waals surface area contributed by atoms with Crippen LogP contribution < -0.4 is 20.1 Å². The fourth-order valence-corrected chi connectivity index (χ4v) is 2.78. The van der Waals surface area contributed by atoms with E-state index in [1.54, 1.807) is 20.8 Å². The molecule has 0 spiro atoms. The highest BCUT2D eigenvalue weighted by atomic mass is 16.6. The molecule has 1 atom stereocenters. The monoisotopic (exact) mass is 378 g/mol. The molecule has 1 heterocycles. The third-order valence-electron chi connectivity index (χ3n) is 3.88. The van der Waals surface area contributed by atoms with Crippen LogP contribution in [0.15, 0.2) is 12.1 Å². The highest BCUT2D eigenvalue weighted by Crippen LogP contribution is 2.35. The second kappa shape index (κ2) is 8.97. The number of fused-ring (bicyclic) bond motifs is 1. The average molecular weight is 378 g/mol. The minimum Gasteiger partial charge on any atom is -0.494 e. The largest absolute Gasteiger partial charge is 0.494 e. The van der Waals surface area contributed by atoms with Crippen LogP contribution in [0.25, 0.3) is 0 Å². The molecule has 0 fully saturated rings. The van der Waals surface area contributed by atoms with Gasteiger partial charge in [-0.2, -0.15) is 0 Å².